The third-order valence-electron chi connectivity index (χ3n) is 4.01. The van der Waals surface area contributed by atoms with Gasteiger partial charge in [-0.25, -0.2) is 0 Å². The van der Waals surface area contributed by atoms with Crippen LogP contribution in [0, 0.1) is 5.41 Å². The summed E-state index contributed by atoms with van der Waals surface area (Å²) in [6, 6.07) is 10.1. The number of aliphatic hydroxyl groups excluding tert-OH is 1. The zero-order valence-electron chi connectivity index (χ0n) is 11.1. The van der Waals surface area contributed by atoms with Gasteiger partial charge in [0.15, 0.2) is 0 Å². The Morgan fingerprint density at radius 1 is 1.39 bits per heavy atom. The zero-order chi connectivity index (χ0) is 13.0. The van der Waals surface area contributed by atoms with Gasteiger partial charge in [-0.1, -0.05) is 49.4 Å². The Hall–Kier alpha value is -1.12. The van der Waals surface area contributed by atoms with Crippen molar-refractivity contribution >= 4 is 0 Å². The number of aliphatic hydroxyl groups is 1. The highest BCUT2D eigenvalue weighted by atomic mass is 16.5. The van der Waals surface area contributed by atoms with Gasteiger partial charge in [0.1, 0.15) is 0 Å². The number of benzene rings is 1. The van der Waals surface area contributed by atoms with E-state index >= 15 is 0 Å². The molecule has 0 radical (unpaired) electrons. The molecule has 2 nitrogen and oxygen atoms in total. The SMILES string of the molecule is C=C1CCC[C@H](O)[C@@]1(C)COCc1ccccc1. The van der Waals surface area contributed by atoms with Gasteiger partial charge in [0.2, 0.25) is 0 Å². The lowest BCUT2D eigenvalue weighted by Gasteiger charge is -2.40. The highest BCUT2D eigenvalue weighted by Crippen LogP contribution is 2.40. The Bertz CT molecular complexity index is 399. The molecule has 2 rings (SSSR count). The number of hydrogen-bond acceptors (Lipinski definition) is 2. The van der Waals surface area contributed by atoms with Crippen LogP contribution in [0.25, 0.3) is 0 Å². The Balaban J connectivity index is 1.90. The molecule has 0 unspecified atom stereocenters. The van der Waals surface area contributed by atoms with Crippen molar-refractivity contribution in [3.8, 4) is 0 Å². The zero-order valence-corrected chi connectivity index (χ0v) is 11.1. The van der Waals surface area contributed by atoms with Gasteiger partial charge in [-0.05, 0) is 24.8 Å². The Morgan fingerprint density at radius 2 is 2.11 bits per heavy atom. The van der Waals surface area contributed by atoms with Crippen LogP contribution < -0.4 is 0 Å². The maximum Gasteiger partial charge on any atom is 0.0717 e. The van der Waals surface area contributed by atoms with Crippen molar-refractivity contribution in [3.63, 3.8) is 0 Å². The van der Waals surface area contributed by atoms with Crippen molar-refractivity contribution in [2.75, 3.05) is 6.61 Å². The standard InChI is InChI=1S/C16H22O2/c1-13-7-6-10-15(17)16(13,2)12-18-11-14-8-4-3-5-9-14/h3-5,8-9,15,17H,1,6-7,10-12H2,2H3/t15-,16-/m0/s1. The van der Waals surface area contributed by atoms with Crippen molar-refractivity contribution in [1.29, 1.82) is 0 Å². The summed E-state index contributed by atoms with van der Waals surface area (Å²) in [7, 11) is 0. The van der Waals surface area contributed by atoms with Gasteiger partial charge in [-0.3, -0.25) is 0 Å². The molecule has 18 heavy (non-hydrogen) atoms. The Morgan fingerprint density at radius 3 is 2.78 bits per heavy atom. The molecule has 0 saturated heterocycles. The van der Waals surface area contributed by atoms with Crippen LogP contribution in [0.15, 0.2) is 42.5 Å². The third kappa shape index (κ3) is 2.82. The van der Waals surface area contributed by atoms with Crippen molar-refractivity contribution in [3.05, 3.63) is 48.0 Å². The summed E-state index contributed by atoms with van der Waals surface area (Å²) in [5.41, 5.74) is 2.00. The summed E-state index contributed by atoms with van der Waals surface area (Å²) < 4.78 is 5.78. The maximum absolute atomic E-state index is 10.2. The molecule has 2 atom stereocenters. The summed E-state index contributed by atoms with van der Waals surface area (Å²) in [4.78, 5) is 0. The molecule has 0 bridgehead atoms. The fourth-order valence-electron chi connectivity index (χ4n) is 2.50. The molecule has 2 heteroatoms. The van der Waals surface area contributed by atoms with Gasteiger partial charge in [0.25, 0.3) is 0 Å². The monoisotopic (exact) mass is 246 g/mol. The second kappa shape index (κ2) is 5.68. The summed E-state index contributed by atoms with van der Waals surface area (Å²) in [6.07, 6.45) is 2.57. The van der Waals surface area contributed by atoms with Crippen molar-refractivity contribution in [2.45, 2.75) is 38.9 Å². The van der Waals surface area contributed by atoms with E-state index in [2.05, 4.69) is 25.6 Å². The Labute approximate surface area is 109 Å². The molecule has 1 N–H and O–H groups in total. The van der Waals surface area contributed by atoms with Crippen LogP contribution in [0.3, 0.4) is 0 Å². The van der Waals surface area contributed by atoms with E-state index in [4.69, 9.17) is 4.74 Å². The average Bonchev–Trinajstić information content (AvgIpc) is 2.38. The van der Waals surface area contributed by atoms with Crippen molar-refractivity contribution in [2.24, 2.45) is 5.41 Å². The number of ether oxygens (including phenoxy) is 1. The minimum Gasteiger partial charge on any atom is -0.392 e. The van der Waals surface area contributed by atoms with Crippen LogP contribution in [0.1, 0.15) is 31.7 Å². The summed E-state index contributed by atoms with van der Waals surface area (Å²) in [5, 5.41) is 10.2. The predicted molar refractivity (Wildman–Crippen MR) is 73.2 cm³/mol. The molecule has 1 aliphatic rings. The number of hydrogen-bond donors (Lipinski definition) is 1. The first kappa shape index (κ1) is 13.3. The smallest absolute Gasteiger partial charge is 0.0717 e. The molecule has 1 aromatic carbocycles. The molecule has 98 valence electrons. The highest BCUT2D eigenvalue weighted by molar-refractivity contribution is 5.16. The molecule has 1 fully saturated rings. The molecule has 0 spiro atoms. The minimum absolute atomic E-state index is 0.285. The topological polar surface area (TPSA) is 29.5 Å². The van der Waals surface area contributed by atoms with E-state index in [1.807, 2.05) is 18.2 Å². The van der Waals surface area contributed by atoms with Crippen LogP contribution in [0.4, 0.5) is 0 Å². The first-order valence-electron chi connectivity index (χ1n) is 6.61. The van der Waals surface area contributed by atoms with Crippen molar-refractivity contribution < 1.29 is 9.84 Å². The molecule has 0 aromatic heterocycles. The second-order valence-electron chi connectivity index (χ2n) is 5.41. The van der Waals surface area contributed by atoms with E-state index in [0.29, 0.717) is 13.2 Å². The normalized spacial score (nSPS) is 28.3. The summed E-state index contributed by atoms with van der Waals surface area (Å²) in [6.45, 7) is 7.30. The molecule has 0 aliphatic heterocycles. The van der Waals surface area contributed by atoms with Crippen LogP contribution in [0.2, 0.25) is 0 Å². The van der Waals surface area contributed by atoms with Crippen LogP contribution in [-0.2, 0) is 11.3 Å². The van der Waals surface area contributed by atoms with E-state index in [0.717, 1.165) is 30.4 Å². The van der Waals surface area contributed by atoms with Crippen LogP contribution >= 0.6 is 0 Å². The molecule has 1 aromatic rings. The predicted octanol–water partition coefficient (Wildman–Crippen LogP) is 3.31. The lowest BCUT2D eigenvalue weighted by atomic mass is 9.71. The fourth-order valence-corrected chi connectivity index (χ4v) is 2.50. The van der Waals surface area contributed by atoms with E-state index in [1.54, 1.807) is 0 Å². The van der Waals surface area contributed by atoms with E-state index in [-0.39, 0.29) is 11.5 Å². The largest absolute Gasteiger partial charge is 0.392 e. The van der Waals surface area contributed by atoms with Gasteiger partial charge in [-0.15, -0.1) is 0 Å². The van der Waals surface area contributed by atoms with E-state index in [1.165, 1.54) is 0 Å². The average molecular weight is 246 g/mol. The molecule has 1 saturated carbocycles. The third-order valence-corrected chi connectivity index (χ3v) is 4.01. The van der Waals surface area contributed by atoms with Gasteiger partial charge in [0, 0.05) is 5.41 Å². The quantitative estimate of drug-likeness (QED) is 0.826. The van der Waals surface area contributed by atoms with Gasteiger partial charge < -0.3 is 9.84 Å². The molecular formula is C16H22O2. The maximum atomic E-state index is 10.2. The highest BCUT2D eigenvalue weighted by Gasteiger charge is 2.38. The summed E-state index contributed by atoms with van der Waals surface area (Å²) in [5.74, 6) is 0. The summed E-state index contributed by atoms with van der Waals surface area (Å²) >= 11 is 0. The molecular weight excluding hydrogens is 224 g/mol. The van der Waals surface area contributed by atoms with Gasteiger partial charge in [0.05, 0.1) is 19.3 Å². The molecule has 1 aliphatic carbocycles. The molecule has 0 heterocycles. The Kier molecular flexibility index (Phi) is 4.20. The van der Waals surface area contributed by atoms with Crippen LogP contribution in [0.5, 0.6) is 0 Å². The van der Waals surface area contributed by atoms with Gasteiger partial charge in [-0.2, -0.15) is 0 Å². The van der Waals surface area contributed by atoms with Gasteiger partial charge >= 0.3 is 0 Å². The first-order valence-corrected chi connectivity index (χ1v) is 6.61. The van der Waals surface area contributed by atoms with E-state index in [9.17, 15) is 5.11 Å². The first-order chi connectivity index (χ1) is 8.63. The second-order valence-corrected chi connectivity index (χ2v) is 5.41. The lowest BCUT2D eigenvalue weighted by Crippen LogP contribution is -2.41. The van der Waals surface area contributed by atoms with Crippen molar-refractivity contribution in [1.82, 2.24) is 0 Å². The molecule has 0 amide bonds. The fraction of sp³-hybridized carbons (Fsp3) is 0.500. The lowest BCUT2D eigenvalue weighted by molar-refractivity contribution is -0.0333. The minimum atomic E-state index is -0.325. The van der Waals surface area contributed by atoms with E-state index < -0.39 is 0 Å². The van der Waals surface area contributed by atoms with Crippen LogP contribution in [-0.4, -0.2) is 17.8 Å². The number of rotatable bonds is 4.